The second kappa shape index (κ2) is 9.14. The van der Waals surface area contributed by atoms with Crippen LogP contribution in [-0.2, 0) is 0 Å². The van der Waals surface area contributed by atoms with Crippen molar-refractivity contribution < 1.29 is 0 Å². The van der Waals surface area contributed by atoms with Crippen molar-refractivity contribution in [2.24, 2.45) is 5.10 Å². The van der Waals surface area contributed by atoms with Crippen LogP contribution in [0.15, 0.2) is 65.9 Å². The number of halogens is 1. The van der Waals surface area contributed by atoms with Crippen LogP contribution in [0.2, 0.25) is 5.02 Å². The number of anilines is 2. The lowest BCUT2D eigenvalue weighted by Gasteiger charge is -2.18. The molecule has 138 valence electrons. The minimum absolute atomic E-state index is 0.664. The minimum Gasteiger partial charge on any atom is -0.341 e. The summed E-state index contributed by atoms with van der Waals surface area (Å²) in [6, 6.07) is 17.8. The predicted octanol–water partition coefficient (Wildman–Crippen LogP) is 5.09. The smallest absolute Gasteiger partial charge is 0.227 e. The van der Waals surface area contributed by atoms with E-state index in [1.54, 1.807) is 18.5 Å². The maximum atomic E-state index is 5.96. The normalized spacial score (nSPS) is 10.9. The van der Waals surface area contributed by atoms with Crippen LogP contribution in [0.3, 0.4) is 0 Å². The standard InChI is InChI=1S/C21H22ClN5/c1-3-27(4-2)21-23-13-12-20(25-21)26-24-15-16-6-5-7-18(14-16)17-8-10-19(22)11-9-17/h5-15H,3-4H2,1-2H3,(H,23,25,26)/b24-15+. The van der Waals surface area contributed by atoms with E-state index in [9.17, 15) is 0 Å². The largest absolute Gasteiger partial charge is 0.341 e. The zero-order valence-electron chi connectivity index (χ0n) is 15.4. The van der Waals surface area contributed by atoms with Gasteiger partial charge in [-0.2, -0.15) is 10.1 Å². The van der Waals surface area contributed by atoms with E-state index in [1.165, 1.54) is 0 Å². The van der Waals surface area contributed by atoms with Crippen LogP contribution in [0.25, 0.3) is 11.1 Å². The van der Waals surface area contributed by atoms with Gasteiger partial charge in [-0.25, -0.2) is 4.98 Å². The number of nitrogens with zero attached hydrogens (tertiary/aromatic N) is 4. The number of benzene rings is 2. The molecule has 0 unspecified atom stereocenters. The zero-order chi connectivity index (χ0) is 19.1. The summed E-state index contributed by atoms with van der Waals surface area (Å²) >= 11 is 5.96. The molecule has 0 aliphatic rings. The molecular formula is C21H22ClN5. The van der Waals surface area contributed by atoms with Gasteiger partial charge >= 0.3 is 0 Å². The molecule has 1 aromatic heterocycles. The first-order valence-electron chi connectivity index (χ1n) is 8.92. The van der Waals surface area contributed by atoms with E-state index in [0.29, 0.717) is 11.8 Å². The van der Waals surface area contributed by atoms with Gasteiger partial charge in [0.1, 0.15) is 0 Å². The molecule has 1 heterocycles. The van der Waals surface area contributed by atoms with Crippen LogP contribution in [0.4, 0.5) is 11.8 Å². The first-order valence-corrected chi connectivity index (χ1v) is 9.30. The van der Waals surface area contributed by atoms with Crippen molar-refractivity contribution in [3.05, 3.63) is 71.4 Å². The van der Waals surface area contributed by atoms with E-state index >= 15 is 0 Å². The van der Waals surface area contributed by atoms with Crippen molar-refractivity contribution in [3.8, 4) is 11.1 Å². The van der Waals surface area contributed by atoms with E-state index in [2.05, 4.69) is 51.4 Å². The quantitative estimate of drug-likeness (QED) is 0.459. The zero-order valence-corrected chi connectivity index (χ0v) is 16.2. The molecule has 0 amide bonds. The molecule has 0 aliphatic heterocycles. The SMILES string of the molecule is CCN(CC)c1nccc(N/N=C/c2cccc(-c3ccc(Cl)cc3)c2)n1. The molecule has 0 saturated carbocycles. The number of rotatable bonds is 7. The van der Waals surface area contributed by atoms with E-state index in [4.69, 9.17) is 11.6 Å². The van der Waals surface area contributed by atoms with Gasteiger partial charge in [0.15, 0.2) is 5.82 Å². The highest BCUT2D eigenvalue weighted by Gasteiger charge is 2.05. The van der Waals surface area contributed by atoms with Crippen molar-refractivity contribution in [2.45, 2.75) is 13.8 Å². The highest BCUT2D eigenvalue weighted by Crippen LogP contribution is 2.22. The van der Waals surface area contributed by atoms with Crippen LogP contribution in [0.1, 0.15) is 19.4 Å². The summed E-state index contributed by atoms with van der Waals surface area (Å²) in [5, 5.41) is 5.04. The lowest BCUT2D eigenvalue weighted by molar-refractivity contribution is 0.821. The maximum Gasteiger partial charge on any atom is 0.227 e. The molecule has 6 heteroatoms. The van der Waals surface area contributed by atoms with E-state index < -0.39 is 0 Å². The topological polar surface area (TPSA) is 53.4 Å². The summed E-state index contributed by atoms with van der Waals surface area (Å²) in [6.07, 6.45) is 3.51. The van der Waals surface area contributed by atoms with Gasteiger partial charge in [0.25, 0.3) is 0 Å². The Kier molecular flexibility index (Phi) is 6.39. The van der Waals surface area contributed by atoms with Gasteiger partial charge in [-0.3, -0.25) is 5.43 Å². The van der Waals surface area contributed by atoms with Gasteiger partial charge < -0.3 is 4.90 Å². The van der Waals surface area contributed by atoms with E-state index in [0.717, 1.165) is 34.8 Å². The Bertz CT molecular complexity index is 904. The molecule has 2 aromatic carbocycles. The molecule has 0 spiro atoms. The molecule has 0 aliphatic carbocycles. The number of aromatic nitrogens is 2. The van der Waals surface area contributed by atoms with Crippen molar-refractivity contribution in [1.82, 2.24) is 9.97 Å². The fourth-order valence-corrected chi connectivity index (χ4v) is 2.81. The van der Waals surface area contributed by atoms with Gasteiger partial charge in [-0.1, -0.05) is 41.9 Å². The summed E-state index contributed by atoms with van der Waals surface area (Å²) in [4.78, 5) is 10.9. The Morgan fingerprint density at radius 2 is 1.81 bits per heavy atom. The third-order valence-electron chi connectivity index (χ3n) is 4.15. The average Bonchev–Trinajstić information content (AvgIpc) is 2.70. The molecule has 0 atom stereocenters. The van der Waals surface area contributed by atoms with Crippen molar-refractivity contribution in [1.29, 1.82) is 0 Å². The molecular weight excluding hydrogens is 358 g/mol. The molecule has 0 saturated heterocycles. The lowest BCUT2D eigenvalue weighted by atomic mass is 10.0. The Hall–Kier alpha value is -2.92. The van der Waals surface area contributed by atoms with Gasteiger partial charge in [-0.05, 0) is 48.7 Å². The van der Waals surface area contributed by atoms with Gasteiger partial charge in [0.2, 0.25) is 5.95 Å². The third-order valence-corrected chi connectivity index (χ3v) is 4.40. The molecule has 3 aromatic rings. The first kappa shape index (κ1) is 18.9. The number of hydrogen-bond donors (Lipinski definition) is 1. The minimum atomic E-state index is 0.664. The highest BCUT2D eigenvalue weighted by molar-refractivity contribution is 6.30. The Morgan fingerprint density at radius 1 is 1.04 bits per heavy atom. The summed E-state index contributed by atoms with van der Waals surface area (Å²) in [6.45, 7) is 5.89. The molecule has 3 rings (SSSR count). The molecule has 0 fully saturated rings. The van der Waals surface area contributed by atoms with Crippen LogP contribution in [-0.4, -0.2) is 29.3 Å². The fraction of sp³-hybridized carbons (Fsp3) is 0.190. The lowest BCUT2D eigenvalue weighted by Crippen LogP contribution is -2.24. The van der Waals surface area contributed by atoms with E-state index in [-0.39, 0.29) is 0 Å². The molecule has 0 bridgehead atoms. The molecule has 27 heavy (non-hydrogen) atoms. The van der Waals surface area contributed by atoms with Gasteiger partial charge in [0, 0.05) is 30.4 Å². The van der Waals surface area contributed by atoms with Gasteiger partial charge in [-0.15, -0.1) is 0 Å². The molecule has 0 radical (unpaired) electrons. The molecule has 1 N–H and O–H groups in total. The van der Waals surface area contributed by atoms with Gasteiger partial charge in [0.05, 0.1) is 6.21 Å². The summed E-state index contributed by atoms with van der Waals surface area (Å²) in [5.74, 6) is 1.36. The Balaban J connectivity index is 1.71. The Labute approximate surface area is 164 Å². The van der Waals surface area contributed by atoms with Crippen molar-refractivity contribution in [2.75, 3.05) is 23.4 Å². The van der Waals surface area contributed by atoms with E-state index in [1.807, 2.05) is 36.4 Å². The van der Waals surface area contributed by atoms with Crippen molar-refractivity contribution >= 4 is 29.6 Å². The highest BCUT2D eigenvalue weighted by atomic mass is 35.5. The average molecular weight is 380 g/mol. The van der Waals surface area contributed by atoms with Crippen LogP contribution >= 0.6 is 11.6 Å². The predicted molar refractivity (Wildman–Crippen MR) is 114 cm³/mol. The Morgan fingerprint density at radius 3 is 2.56 bits per heavy atom. The third kappa shape index (κ3) is 5.05. The summed E-state index contributed by atoms with van der Waals surface area (Å²) < 4.78 is 0. The van der Waals surface area contributed by atoms with Crippen LogP contribution in [0.5, 0.6) is 0 Å². The fourth-order valence-electron chi connectivity index (χ4n) is 2.68. The maximum absolute atomic E-state index is 5.96. The number of hydrogen-bond acceptors (Lipinski definition) is 5. The number of nitrogens with one attached hydrogen (secondary N) is 1. The first-order chi connectivity index (χ1) is 13.2. The second-order valence-electron chi connectivity index (χ2n) is 5.92. The van der Waals surface area contributed by atoms with Crippen LogP contribution in [0, 0.1) is 0 Å². The summed E-state index contributed by atoms with van der Waals surface area (Å²) in [7, 11) is 0. The molecule has 5 nitrogen and oxygen atoms in total. The van der Waals surface area contributed by atoms with Crippen LogP contribution < -0.4 is 10.3 Å². The summed E-state index contributed by atoms with van der Waals surface area (Å²) in [5.41, 5.74) is 6.20. The number of hydrazone groups is 1. The van der Waals surface area contributed by atoms with Crippen molar-refractivity contribution in [3.63, 3.8) is 0 Å². The second-order valence-corrected chi connectivity index (χ2v) is 6.35. The monoisotopic (exact) mass is 379 g/mol.